The first kappa shape index (κ1) is 6.62. The van der Waals surface area contributed by atoms with E-state index in [-0.39, 0.29) is 5.60 Å². The molecule has 58 valence electrons. The normalized spacial score (nSPS) is 37.5. The molecule has 0 unspecified atom stereocenters. The summed E-state index contributed by atoms with van der Waals surface area (Å²) < 4.78 is 5.69. The first-order valence-electron chi connectivity index (χ1n) is 4.20. The third-order valence-corrected chi connectivity index (χ3v) is 2.75. The molecular formula is C8H15NO. The van der Waals surface area contributed by atoms with E-state index in [0.717, 1.165) is 13.0 Å². The fraction of sp³-hybridized carbons (Fsp3) is 1.00. The third kappa shape index (κ3) is 0.956. The number of nitrogens with two attached hydrogens (primary N) is 1. The van der Waals surface area contributed by atoms with Gasteiger partial charge in [-0.05, 0) is 19.3 Å². The molecule has 0 aromatic rings. The van der Waals surface area contributed by atoms with Crippen molar-refractivity contribution in [3.05, 3.63) is 0 Å². The van der Waals surface area contributed by atoms with Crippen LogP contribution in [0.25, 0.3) is 0 Å². The van der Waals surface area contributed by atoms with Gasteiger partial charge in [-0.25, -0.2) is 0 Å². The van der Waals surface area contributed by atoms with Crippen molar-refractivity contribution in [3.63, 3.8) is 0 Å². The summed E-state index contributed by atoms with van der Waals surface area (Å²) in [5, 5.41) is 0. The molecule has 2 fully saturated rings. The maximum atomic E-state index is 5.76. The molecule has 1 spiro atoms. The highest BCUT2D eigenvalue weighted by atomic mass is 16.5. The molecule has 0 bridgehead atoms. The lowest BCUT2D eigenvalue weighted by Crippen LogP contribution is -2.25. The van der Waals surface area contributed by atoms with Gasteiger partial charge < -0.3 is 10.5 Å². The summed E-state index contributed by atoms with van der Waals surface area (Å²) in [7, 11) is 0. The van der Waals surface area contributed by atoms with E-state index >= 15 is 0 Å². The van der Waals surface area contributed by atoms with Crippen LogP contribution in [-0.2, 0) is 4.74 Å². The molecule has 1 atom stereocenters. The van der Waals surface area contributed by atoms with Crippen molar-refractivity contribution < 1.29 is 4.74 Å². The smallest absolute Gasteiger partial charge is 0.0699 e. The zero-order valence-corrected chi connectivity index (χ0v) is 6.31. The maximum absolute atomic E-state index is 5.76. The van der Waals surface area contributed by atoms with Gasteiger partial charge in [-0.3, -0.25) is 0 Å². The Labute approximate surface area is 61.7 Å². The van der Waals surface area contributed by atoms with E-state index in [1.807, 2.05) is 0 Å². The van der Waals surface area contributed by atoms with Crippen LogP contribution in [0.1, 0.15) is 32.1 Å². The molecule has 2 heteroatoms. The van der Waals surface area contributed by atoms with Crippen LogP contribution in [0.4, 0.5) is 0 Å². The minimum Gasteiger partial charge on any atom is -0.373 e. The second-order valence-electron chi connectivity index (χ2n) is 3.67. The van der Waals surface area contributed by atoms with Gasteiger partial charge in [0.2, 0.25) is 0 Å². The minimum absolute atomic E-state index is 0.236. The fourth-order valence-corrected chi connectivity index (χ4v) is 2.25. The summed E-state index contributed by atoms with van der Waals surface area (Å²) in [5.74, 6) is 0. The van der Waals surface area contributed by atoms with E-state index in [0.29, 0.717) is 6.04 Å². The molecule has 2 nitrogen and oxygen atoms in total. The van der Waals surface area contributed by atoms with Crippen LogP contribution in [0.15, 0.2) is 0 Å². The lowest BCUT2D eigenvalue weighted by Gasteiger charge is -2.20. The van der Waals surface area contributed by atoms with E-state index in [1.165, 1.54) is 25.7 Å². The molecule has 2 rings (SSSR count). The molecule has 2 aliphatic rings. The molecular weight excluding hydrogens is 126 g/mol. The molecule has 1 heterocycles. The molecule has 0 aromatic heterocycles. The first-order chi connectivity index (χ1) is 4.81. The van der Waals surface area contributed by atoms with Crippen molar-refractivity contribution in [2.24, 2.45) is 5.73 Å². The lowest BCUT2D eigenvalue weighted by atomic mass is 9.97. The molecule has 1 aliphatic heterocycles. The van der Waals surface area contributed by atoms with Gasteiger partial charge in [0.25, 0.3) is 0 Å². The molecule has 1 saturated carbocycles. The van der Waals surface area contributed by atoms with E-state index in [9.17, 15) is 0 Å². The van der Waals surface area contributed by atoms with E-state index in [2.05, 4.69) is 0 Å². The van der Waals surface area contributed by atoms with Gasteiger partial charge in [-0.1, -0.05) is 12.8 Å². The second-order valence-corrected chi connectivity index (χ2v) is 3.67. The van der Waals surface area contributed by atoms with Crippen LogP contribution < -0.4 is 5.73 Å². The van der Waals surface area contributed by atoms with Crippen molar-refractivity contribution in [2.45, 2.75) is 43.7 Å². The Kier molecular flexibility index (Phi) is 1.46. The Morgan fingerprint density at radius 1 is 1.30 bits per heavy atom. The fourth-order valence-electron chi connectivity index (χ4n) is 2.25. The molecule has 1 saturated heterocycles. The molecule has 0 radical (unpaired) electrons. The second kappa shape index (κ2) is 2.21. The molecule has 1 aliphatic carbocycles. The van der Waals surface area contributed by atoms with Crippen LogP contribution in [0.3, 0.4) is 0 Å². The Bertz CT molecular complexity index is 129. The van der Waals surface area contributed by atoms with Crippen LogP contribution >= 0.6 is 0 Å². The number of ether oxygens (including phenoxy) is 1. The molecule has 0 amide bonds. The summed E-state index contributed by atoms with van der Waals surface area (Å²) in [6.45, 7) is 0.792. The first-order valence-corrected chi connectivity index (χ1v) is 4.20. The summed E-state index contributed by atoms with van der Waals surface area (Å²) in [4.78, 5) is 0. The molecule has 0 aromatic carbocycles. The highest BCUT2D eigenvalue weighted by molar-refractivity contribution is 4.94. The van der Waals surface area contributed by atoms with Crippen LogP contribution in [0.5, 0.6) is 0 Å². The number of hydrogen-bond acceptors (Lipinski definition) is 2. The van der Waals surface area contributed by atoms with Crippen LogP contribution in [0, 0.1) is 0 Å². The van der Waals surface area contributed by atoms with Gasteiger partial charge >= 0.3 is 0 Å². The number of hydrogen-bond donors (Lipinski definition) is 1. The van der Waals surface area contributed by atoms with E-state index < -0.39 is 0 Å². The summed E-state index contributed by atoms with van der Waals surface area (Å²) in [5.41, 5.74) is 6.00. The number of rotatable bonds is 0. The SMILES string of the molecule is N[C@H]1COC2(CCCC2)C1. The van der Waals surface area contributed by atoms with Crippen molar-refractivity contribution in [1.29, 1.82) is 0 Å². The Morgan fingerprint density at radius 3 is 2.50 bits per heavy atom. The highest BCUT2D eigenvalue weighted by Gasteiger charge is 2.40. The van der Waals surface area contributed by atoms with Gasteiger partial charge in [0.05, 0.1) is 12.2 Å². The minimum atomic E-state index is 0.236. The lowest BCUT2D eigenvalue weighted by molar-refractivity contribution is 0.0102. The zero-order chi connectivity index (χ0) is 7.03. The van der Waals surface area contributed by atoms with Crippen molar-refractivity contribution in [1.82, 2.24) is 0 Å². The standard InChI is InChI=1S/C8H15NO/c9-7-5-8(10-6-7)3-1-2-4-8/h7H,1-6,9H2/t7-/m1/s1. The third-order valence-electron chi connectivity index (χ3n) is 2.75. The van der Waals surface area contributed by atoms with Crippen molar-refractivity contribution in [2.75, 3.05) is 6.61 Å². The average Bonchev–Trinajstić information content (AvgIpc) is 2.46. The summed E-state index contributed by atoms with van der Waals surface area (Å²) >= 11 is 0. The Balaban J connectivity index is 2.03. The molecule has 2 N–H and O–H groups in total. The topological polar surface area (TPSA) is 35.2 Å². The van der Waals surface area contributed by atoms with E-state index in [4.69, 9.17) is 10.5 Å². The largest absolute Gasteiger partial charge is 0.373 e. The Morgan fingerprint density at radius 2 is 2.00 bits per heavy atom. The van der Waals surface area contributed by atoms with Crippen molar-refractivity contribution >= 4 is 0 Å². The highest BCUT2D eigenvalue weighted by Crippen LogP contribution is 2.40. The monoisotopic (exact) mass is 141 g/mol. The van der Waals surface area contributed by atoms with Crippen molar-refractivity contribution in [3.8, 4) is 0 Å². The summed E-state index contributed by atoms with van der Waals surface area (Å²) in [6, 6.07) is 0.318. The quantitative estimate of drug-likeness (QED) is 0.547. The van der Waals surface area contributed by atoms with Gasteiger partial charge in [-0.15, -0.1) is 0 Å². The van der Waals surface area contributed by atoms with Gasteiger partial charge in [0.1, 0.15) is 0 Å². The predicted octanol–water partition coefficient (Wildman–Crippen LogP) is 1.05. The Hall–Kier alpha value is -0.0800. The zero-order valence-electron chi connectivity index (χ0n) is 6.31. The van der Waals surface area contributed by atoms with Gasteiger partial charge in [0, 0.05) is 6.04 Å². The van der Waals surface area contributed by atoms with Gasteiger partial charge in [-0.2, -0.15) is 0 Å². The average molecular weight is 141 g/mol. The van der Waals surface area contributed by atoms with Crippen LogP contribution in [0.2, 0.25) is 0 Å². The van der Waals surface area contributed by atoms with E-state index in [1.54, 1.807) is 0 Å². The molecule has 10 heavy (non-hydrogen) atoms. The van der Waals surface area contributed by atoms with Crippen LogP contribution in [-0.4, -0.2) is 18.2 Å². The predicted molar refractivity (Wildman–Crippen MR) is 39.7 cm³/mol. The summed E-state index contributed by atoms with van der Waals surface area (Å²) in [6.07, 6.45) is 6.29. The maximum Gasteiger partial charge on any atom is 0.0699 e. The van der Waals surface area contributed by atoms with Gasteiger partial charge in [0.15, 0.2) is 0 Å².